The third-order valence-electron chi connectivity index (χ3n) is 2.07. The van der Waals surface area contributed by atoms with Gasteiger partial charge in [0.25, 0.3) is 0 Å². The van der Waals surface area contributed by atoms with Crippen LogP contribution < -0.4 is 0 Å². The van der Waals surface area contributed by atoms with Crippen molar-refractivity contribution in [2.24, 2.45) is 0 Å². The number of fused-ring (bicyclic) bond motifs is 1. The van der Waals surface area contributed by atoms with E-state index in [2.05, 4.69) is 20.9 Å². The SMILES string of the molecule is Oc1ccc2c(CBr)ccnc2c1F. The molecule has 0 bridgehead atoms. The second-order valence-electron chi connectivity index (χ2n) is 2.90. The summed E-state index contributed by atoms with van der Waals surface area (Å²) in [6.07, 6.45) is 1.53. The fraction of sp³-hybridized carbons (Fsp3) is 0.100. The molecule has 14 heavy (non-hydrogen) atoms. The number of alkyl halides is 1. The van der Waals surface area contributed by atoms with Crippen molar-refractivity contribution in [1.29, 1.82) is 0 Å². The van der Waals surface area contributed by atoms with E-state index in [1.165, 1.54) is 12.3 Å². The van der Waals surface area contributed by atoms with Crippen molar-refractivity contribution in [3.63, 3.8) is 0 Å². The van der Waals surface area contributed by atoms with Crippen LogP contribution in [0.5, 0.6) is 5.75 Å². The second kappa shape index (κ2) is 3.53. The Balaban J connectivity index is 2.86. The molecule has 1 N–H and O–H groups in total. The highest BCUT2D eigenvalue weighted by Crippen LogP contribution is 2.26. The maximum absolute atomic E-state index is 13.4. The number of phenolic OH excluding ortho intramolecular Hbond substituents is 1. The minimum atomic E-state index is -0.662. The number of aromatic hydroxyl groups is 1. The van der Waals surface area contributed by atoms with Gasteiger partial charge in [-0.15, -0.1) is 0 Å². The molecule has 1 aromatic heterocycles. The predicted octanol–water partition coefficient (Wildman–Crippen LogP) is 2.97. The Morgan fingerprint density at radius 2 is 2.14 bits per heavy atom. The summed E-state index contributed by atoms with van der Waals surface area (Å²) in [5.74, 6) is -1.03. The summed E-state index contributed by atoms with van der Waals surface area (Å²) in [5.41, 5.74) is 1.16. The highest BCUT2D eigenvalue weighted by atomic mass is 79.9. The van der Waals surface area contributed by atoms with Crippen molar-refractivity contribution < 1.29 is 9.50 Å². The van der Waals surface area contributed by atoms with Gasteiger partial charge in [0, 0.05) is 16.9 Å². The molecule has 0 saturated heterocycles. The van der Waals surface area contributed by atoms with Gasteiger partial charge in [-0.3, -0.25) is 4.98 Å². The lowest BCUT2D eigenvalue weighted by Gasteiger charge is -2.04. The highest BCUT2D eigenvalue weighted by molar-refractivity contribution is 9.08. The van der Waals surface area contributed by atoms with E-state index in [9.17, 15) is 4.39 Å². The lowest BCUT2D eigenvalue weighted by atomic mass is 10.1. The van der Waals surface area contributed by atoms with Crippen molar-refractivity contribution in [3.8, 4) is 5.75 Å². The largest absolute Gasteiger partial charge is 0.505 e. The maximum Gasteiger partial charge on any atom is 0.190 e. The van der Waals surface area contributed by atoms with Crippen LogP contribution in [0.4, 0.5) is 4.39 Å². The van der Waals surface area contributed by atoms with Gasteiger partial charge in [-0.25, -0.2) is 4.39 Å². The topological polar surface area (TPSA) is 33.1 Å². The van der Waals surface area contributed by atoms with Gasteiger partial charge >= 0.3 is 0 Å². The molecule has 0 fully saturated rings. The van der Waals surface area contributed by atoms with Gasteiger partial charge in [-0.1, -0.05) is 15.9 Å². The molecule has 0 spiro atoms. The number of nitrogens with zero attached hydrogens (tertiary/aromatic N) is 1. The van der Waals surface area contributed by atoms with Crippen LogP contribution in [0.3, 0.4) is 0 Å². The van der Waals surface area contributed by atoms with E-state index in [0.29, 0.717) is 5.33 Å². The van der Waals surface area contributed by atoms with E-state index < -0.39 is 5.82 Å². The quantitative estimate of drug-likeness (QED) is 0.795. The first-order valence-corrected chi connectivity index (χ1v) is 5.17. The fourth-order valence-corrected chi connectivity index (χ4v) is 1.84. The van der Waals surface area contributed by atoms with Crippen LogP contribution in [-0.4, -0.2) is 10.1 Å². The summed E-state index contributed by atoms with van der Waals surface area (Å²) < 4.78 is 13.4. The first-order valence-electron chi connectivity index (χ1n) is 4.05. The number of pyridine rings is 1. The highest BCUT2D eigenvalue weighted by Gasteiger charge is 2.09. The third-order valence-corrected chi connectivity index (χ3v) is 2.67. The van der Waals surface area contributed by atoms with Gasteiger partial charge in [0.1, 0.15) is 5.52 Å². The molecule has 72 valence electrons. The number of aromatic nitrogens is 1. The van der Waals surface area contributed by atoms with Crippen LogP contribution in [0.1, 0.15) is 5.56 Å². The Morgan fingerprint density at radius 1 is 1.36 bits per heavy atom. The standard InChI is InChI=1S/C10H7BrFNO/c11-5-6-3-4-13-10-7(6)1-2-8(14)9(10)12/h1-4,14H,5H2. The fourth-order valence-electron chi connectivity index (χ4n) is 1.35. The summed E-state index contributed by atoms with van der Waals surface area (Å²) in [6.45, 7) is 0. The van der Waals surface area contributed by atoms with Crippen LogP contribution in [0.15, 0.2) is 24.4 Å². The summed E-state index contributed by atoms with van der Waals surface area (Å²) >= 11 is 3.31. The summed E-state index contributed by atoms with van der Waals surface area (Å²) in [6, 6.07) is 4.82. The number of halogens is 2. The normalized spacial score (nSPS) is 10.7. The van der Waals surface area contributed by atoms with E-state index in [1.54, 1.807) is 6.07 Å². The van der Waals surface area contributed by atoms with Gasteiger partial charge in [0.05, 0.1) is 0 Å². The third kappa shape index (κ3) is 1.35. The molecule has 0 aliphatic rings. The minimum Gasteiger partial charge on any atom is -0.505 e. The summed E-state index contributed by atoms with van der Waals surface area (Å²) in [5, 5.41) is 10.5. The molecule has 0 aliphatic heterocycles. The molecule has 2 rings (SSSR count). The Bertz CT molecular complexity index is 487. The van der Waals surface area contributed by atoms with E-state index in [1.807, 2.05) is 6.07 Å². The molecule has 0 amide bonds. The zero-order chi connectivity index (χ0) is 10.1. The van der Waals surface area contributed by atoms with Gasteiger partial charge in [-0.2, -0.15) is 0 Å². The van der Waals surface area contributed by atoms with E-state index in [4.69, 9.17) is 5.11 Å². The first-order chi connectivity index (χ1) is 6.74. The molecule has 0 unspecified atom stereocenters. The lowest BCUT2D eigenvalue weighted by molar-refractivity contribution is 0.435. The molecule has 0 atom stereocenters. The van der Waals surface area contributed by atoms with Gasteiger partial charge in [-0.05, 0) is 23.8 Å². The molecule has 2 nitrogen and oxygen atoms in total. The van der Waals surface area contributed by atoms with Crippen LogP contribution in [0.25, 0.3) is 10.9 Å². The second-order valence-corrected chi connectivity index (χ2v) is 3.46. The Hall–Kier alpha value is -1.16. The molecule has 1 heterocycles. The van der Waals surface area contributed by atoms with Crippen molar-refractivity contribution in [3.05, 3.63) is 35.8 Å². The smallest absolute Gasteiger partial charge is 0.190 e. The molecule has 1 aromatic carbocycles. The lowest BCUT2D eigenvalue weighted by Crippen LogP contribution is -1.88. The van der Waals surface area contributed by atoms with Crippen LogP contribution >= 0.6 is 15.9 Å². The zero-order valence-corrected chi connectivity index (χ0v) is 8.75. The predicted molar refractivity (Wildman–Crippen MR) is 56.0 cm³/mol. The van der Waals surface area contributed by atoms with Crippen LogP contribution in [0, 0.1) is 5.82 Å². The van der Waals surface area contributed by atoms with Gasteiger partial charge in [0.2, 0.25) is 0 Å². The number of phenols is 1. The molecule has 0 saturated carbocycles. The Kier molecular flexibility index (Phi) is 2.37. The Morgan fingerprint density at radius 3 is 2.86 bits per heavy atom. The van der Waals surface area contributed by atoms with Gasteiger partial charge in [0.15, 0.2) is 11.6 Å². The minimum absolute atomic E-state index is 0.210. The van der Waals surface area contributed by atoms with Crippen molar-refractivity contribution in [2.75, 3.05) is 0 Å². The average Bonchev–Trinajstić information content (AvgIpc) is 2.23. The molecular formula is C10H7BrFNO. The van der Waals surface area contributed by atoms with E-state index in [0.717, 1.165) is 10.9 Å². The Labute approximate surface area is 88.5 Å². The van der Waals surface area contributed by atoms with Crippen molar-refractivity contribution >= 4 is 26.8 Å². The zero-order valence-electron chi connectivity index (χ0n) is 7.17. The number of rotatable bonds is 1. The molecule has 0 aliphatic carbocycles. The number of hydrogen-bond acceptors (Lipinski definition) is 2. The first kappa shape index (κ1) is 9.40. The van der Waals surface area contributed by atoms with Crippen LogP contribution in [-0.2, 0) is 5.33 Å². The number of hydrogen-bond donors (Lipinski definition) is 1. The number of benzene rings is 1. The van der Waals surface area contributed by atoms with Crippen molar-refractivity contribution in [2.45, 2.75) is 5.33 Å². The molecule has 2 aromatic rings. The van der Waals surface area contributed by atoms with Crippen LogP contribution in [0.2, 0.25) is 0 Å². The monoisotopic (exact) mass is 255 g/mol. The summed E-state index contributed by atoms with van der Waals surface area (Å²) in [4.78, 5) is 3.89. The average molecular weight is 256 g/mol. The molecule has 0 radical (unpaired) electrons. The van der Waals surface area contributed by atoms with E-state index >= 15 is 0 Å². The van der Waals surface area contributed by atoms with E-state index in [-0.39, 0.29) is 11.3 Å². The molecular weight excluding hydrogens is 249 g/mol. The summed E-state index contributed by atoms with van der Waals surface area (Å²) in [7, 11) is 0. The molecule has 4 heteroatoms. The van der Waals surface area contributed by atoms with Crippen molar-refractivity contribution in [1.82, 2.24) is 4.98 Å². The van der Waals surface area contributed by atoms with Gasteiger partial charge < -0.3 is 5.11 Å². The maximum atomic E-state index is 13.4.